The lowest BCUT2D eigenvalue weighted by Crippen LogP contribution is -2.36. The van der Waals surface area contributed by atoms with E-state index in [1.165, 1.54) is 12.1 Å². The van der Waals surface area contributed by atoms with Gasteiger partial charge in [-0.3, -0.25) is 9.59 Å². The van der Waals surface area contributed by atoms with Crippen LogP contribution in [-0.2, 0) is 15.8 Å². The number of carbonyl (C=O) groups is 2. The van der Waals surface area contributed by atoms with Gasteiger partial charge in [0.2, 0.25) is 5.91 Å². The highest BCUT2D eigenvalue weighted by Gasteiger charge is 2.51. The van der Waals surface area contributed by atoms with E-state index >= 15 is 0 Å². The van der Waals surface area contributed by atoms with Crippen LogP contribution >= 0.6 is 0 Å². The molecular formula is C16H14F3NO3. The summed E-state index contributed by atoms with van der Waals surface area (Å²) in [5.41, 5.74) is -0.583. The van der Waals surface area contributed by atoms with E-state index in [-0.39, 0.29) is 17.5 Å². The molecule has 4 atom stereocenters. The number of carboxylic acids is 1. The van der Waals surface area contributed by atoms with Gasteiger partial charge in [0.25, 0.3) is 0 Å². The fourth-order valence-electron chi connectivity index (χ4n) is 3.48. The lowest BCUT2D eigenvalue weighted by Gasteiger charge is -2.23. The predicted octanol–water partition coefficient (Wildman–Crippen LogP) is 3.17. The Labute approximate surface area is 130 Å². The number of hydrogen-bond donors (Lipinski definition) is 2. The maximum atomic E-state index is 12.5. The molecule has 0 unspecified atom stereocenters. The number of rotatable bonds is 3. The van der Waals surface area contributed by atoms with Crippen molar-refractivity contribution in [3.05, 3.63) is 42.0 Å². The quantitative estimate of drug-likeness (QED) is 0.839. The number of halogens is 3. The van der Waals surface area contributed by atoms with Gasteiger partial charge in [0.1, 0.15) is 0 Å². The van der Waals surface area contributed by atoms with Crippen molar-refractivity contribution in [2.75, 3.05) is 5.32 Å². The van der Waals surface area contributed by atoms with Gasteiger partial charge in [-0.1, -0.05) is 12.2 Å². The van der Waals surface area contributed by atoms with E-state index in [2.05, 4.69) is 5.32 Å². The molecule has 1 aromatic rings. The minimum Gasteiger partial charge on any atom is -0.481 e. The summed E-state index contributed by atoms with van der Waals surface area (Å²) >= 11 is 0. The molecule has 0 heterocycles. The maximum absolute atomic E-state index is 12.5. The van der Waals surface area contributed by atoms with Crippen LogP contribution < -0.4 is 5.32 Å². The number of amides is 1. The third kappa shape index (κ3) is 2.83. The van der Waals surface area contributed by atoms with Crippen molar-refractivity contribution < 1.29 is 27.9 Å². The molecule has 2 aliphatic rings. The smallest absolute Gasteiger partial charge is 0.416 e. The van der Waals surface area contributed by atoms with Crippen LogP contribution in [0.25, 0.3) is 0 Å². The number of fused-ring (bicyclic) bond motifs is 2. The average molecular weight is 325 g/mol. The maximum Gasteiger partial charge on any atom is 0.416 e. The van der Waals surface area contributed by atoms with Crippen LogP contribution in [0.1, 0.15) is 12.0 Å². The van der Waals surface area contributed by atoms with Crippen molar-refractivity contribution in [1.29, 1.82) is 0 Å². The van der Waals surface area contributed by atoms with Crippen molar-refractivity contribution >= 4 is 17.6 Å². The number of allylic oxidation sites excluding steroid dienone is 2. The van der Waals surface area contributed by atoms with Gasteiger partial charge in [-0.25, -0.2) is 0 Å². The van der Waals surface area contributed by atoms with E-state index in [9.17, 15) is 27.9 Å². The van der Waals surface area contributed by atoms with Crippen molar-refractivity contribution in [2.24, 2.45) is 23.7 Å². The monoisotopic (exact) mass is 325 g/mol. The molecule has 0 aliphatic heterocycles. The fraction of sp³-hybridized carbons (Fsp3) is 0.375. The molecule has 2 bridgehead atoms. The van der Waals surface area contributed by atoms with Crippen molar-refractivity contribution in [3.63, 3.8) is 0 Å². The Morgan fingerprint density at radius 1 is 1.04 bits per heavy atom. The molecule has 0 saturated heterocycles. The summed E-state index contributed by atoms with van der Waals surface area (Å²) in [5, 5.41) is 11.8. The summed E-state index contributed by atoms with van der Waals surface area (Å²) in [5.74, 6) is -3.23. The van der Waals surface area contributed by atoms with Crippen molar-refractivity contribution in [3.8, 4) is 0 Å². The van der Waals surface area contributed by atoms with Gasteiger partial charge in [0.05, 0.1) is 17.4 Å². The average Bonchev–Trinajstić information content (AvgIpc) is 3.07. The molecule has 4 nitrogen and oxygen atoms in total. The number of hydrogen-bond acceptors (Lipinski definition) is 2. The minimum atomic E-state index is -4.44. The molecule has 7 heteroatoms. The Kier molecular flexibility index (Phi) is 3.66. The summed E-state index contributed by atoms with van der Waals surface area (Å²) in [6, 6.07) is 4.09. The highest BCUT2D eigenvalue weighted by atomic mass is 19.4. The normalized spacial score (nSPS) is 28.8. The van der Waals surface area contributed by atoms with Crippen LogP contribution in [0.4, 0.5) is 18.9 Å². The number of aliphatic carboxylic acids is 1. The highest BCUT2D eigenvalue weighted by molar-refractivity contribution is 5.96. The van der Waals surface area contributed by atoms with Crippen LogP contribution in [0, 0.1) is 23.7 Å². The fourth-order valence-corrected chi connectivity index (χ4v) is 3.48. The Morgan fingerprint density at radius 2 is 1.61 bits per heavy atom. The molecular weight excluding hydrogens is 311 g/mol. The number of carbonyl (C=O) groups excluding carboxylic acids is 1. The molecule has 1 fully saturated rings. The van der Waals surface area contributed by atoms with Crippen LogP contribution in [0.3, 0.4) is 0 Å². The van der Waals surface area contributed by atoms with E-state index in [0.29, 0.717) is 6.42 Å². The second-order valence-corrected chi connectivity index (χ2v) is 5.90. The van der Waals surface area contributed by atoms with E-state index in [1.54, 1.807) is 0 Å². The van der Waals surface area contributed by atoms with Gasteiger partial charge in [0.15, 0.2) is 0 Å². The van der Waals surface area contributed by atoms with E-state index in [0.717, 1.165) is 12.1 Å². The first-order valence-corrected chi connectivity index (χ1v) is 7.16. The SMILES string of the molecule is O=C(O)[C@@H]1[C@@H](C(=O)Nc2ccc(C(F)(F)F)cc2)[C@H]2C=C[C@H]1C2. The Hall–Kier alpha value is -2.31. The summed E-state index contributed by atoms with van der Waals surface area (Å²) in [6.45, 7) is 0. The van der Waals surface area contributed by atoms with Crippen LogP contribution in [-0.4, -0.2) is 17.0 Å². The first-order chi connectivity index (χ1) is 10.8. The zero-order chi connectivity index (χ0) is 16.8. The van der Waals surface area contributed by atoms with Crippen molar-refractivity contribution in [1.82, 2.24) is 0 Å². The lowest BCUT2D eigenvalue weighted by molar-refractivity contribution is -0.146. The summed E-state index contributed by atoms with van der Waals surface area (Å²) < 4.78 is 37.5. The number of alkyl halides is 3. The minimum absolute atomic E-state index is 0.129. The zero-order valence-corrected chi connectivity index (χ0v) is 11.9. The molecule has 0 aromatic heterocycles. The number of nitrogens with one attached hydrogen (secondary N) is 1. The molecule has 0 radical (unpaired) electrons. The van der Waals surface area contributed by atoms with Gasteiger partial charge in [-0.05, 0) is 42.5 Å². The van der Waals surface area contributed by atoms with E-state index < -0.39 is 35.5 Å². The molecule has 3 rings (SSSR count). The molecule has 1 aromatic carbocycles. The lowest BCUT2D eigenvalue weighted by atomic mass is 9.82. The summed E-state index contributed by atoms with van der Waals surface area (Å²) in [7, 11) is 0. The van der Waals surface area contributed by atoms with Crippen molar-refractivity contribution in [2.45, 2.75) is 12.6 Å². The summed E-state index contributed by atoms with van der Waals surface area (Å²) in [4.78, 5) is 23.7. The molecule has 0 spiro atoms. The highest BCUT2D eigenvalue weighted by Crippen LogP contribution is 2.48. The van der Waals surface area contributed by atoms with Gasteiger partial charge in [-0.15, -0.1) is 0 Å². The molecule has 1 saturated carbocycles. The van der Waals surface area contributed by atoms with Gasteiger partial charge in [0, 0.05) is 5.69 Å². The first-order valence-electron chi connectivity index (χ1n) is 7.16. The predicted molar refractivity (Wildman–Crippen MR) is 75.4 cm³/mol. The van der Waals surface area contributed by atoms with Gasteiger partial charge in [-0.2, -0.15) is 13.2 Å². The molecule has 122 valence electrons. The Morgan fingerprint density at radius 3 is 2.13 bits per heavy atom. The van der Waals surface area contributed by atoms with E-state index in [1.807, 2.05) is 12.2 Å². The first kappa shape index (κ1) is 15.6. The second-order valence-electron chi connectivity index (χ2n) is 5.90. The molecule has 2 N–H and O–H groups in total. The molecule has 23 heavy (non-hydrogen) atoms. The zero-order valence-electron chi connectivity index (χ0n) is 11.9. The van der Waals surface area contributed by atoms with Crippen LogP contribution in [0.2, 0.25) is 0 Å². The van der Waals surface area contributed by atoms with Crippen LogP contribution in [0.15, 0.2) is 36.4 Å². The third-order valence-electron chi connectivity index (χ3n) is 4.53. The topological polar surface area (TPSA) is 66.4 Å². The molecule has 1 amide bonds. The Balaban J connectivity index is 1.74. The Bertz CT molecular complexity index is 666. The van der Waals surface area contributed by atoms with Gasteiger partial charge < -0.3 is 10.4 Å². The van der Waals surface area contributed by atoms with E-state index in [4.69, 9.17) is 0 Å². The largest absolute Gasteiger partial charge is 0.481 e. The summed E-state index contributed by atoms with van der Waals surface area (Å²) in [6.07, 6.45) is -0.138. The van der Waals surface area contributed by atoms with Gasteiger partial charge >= 0.3 is 12.1 Å². The third-order valence-corrected chi connectivity index (χ3v) is 4.53. The standard InChI is InChI=1S/C16H14F3NO3/c17-16(18,19)10-3-5-11(6-4-10)20-14(21)12-8-1-2-9(7-8)13(12)15(22)23/h1-6,8-9,12-13H,7H2,(H,20,21)(H,22,23)/t8-,9-,12-,13-/m0/s1. The second kappa shape index (κ2) is 5.40. The number of anilines is 1. The molecule has 2 aliphatic carbocycles. The number of carboxylic acid groups (broad SMARTS) is 1. The number of benzene rings is 1. The van der Waals surface area contributed by atoms with Crippen LogP contribution in [0.5, 0.6) is 0 Å².